The van der Waals surface area contributed by atoms with Crippen molar-refractivity contribution in [2.75, 3.05) is 0 Å². The van der Waals surface area contributed by atoms with Crippen LogP contribution in [0.15, 0.2) is 12.4 Å². The molecule has 0 saturated heterocycles. The molecule has 0 fully saturated rings. The second kappa shape index (κ2) is 12.3. The molecule has 10 nitrogen and oxygen atoms in total. The van der Waals surface area contributed by atoms with E-state index in [9.17, 15) is 28.1 Å². The lowest BCUT2D eigenvalue weighted by Crippen LogP contribution is -2.26. The lowest BCUT2D eigenvalue weighted by atomic mass is 9.92. The zero-order valence-electron chi connectivity index (χ0n) is 26.1. The Hall–Kier alpha value is -8.06. The molecule has 0 spiro atoms. The van der Waals surface area contributed by atoms with E-state index in [1.807, 2.05) is 0 Å². The third-order valence-electron chi connectivity index (χ3n) is 8.71. The highest BCUT2D eigenvalue weighted by molar-refractivity contribution is 5.91. The van der Waals surface area contributed by atoms with Gasteiger partial charge >= 0.3 is 0 Å². The normalized spacial score (nSPS) is 12.8. The summed E-state index contributed by atoms with van der Waals surface area (Å²) in [6, 6.07) is 4.51. The molecule has 0 saturated carbocycles. The summed E-state index contributed by atoms with van der Waals surface area (Å²) >= 11 is 0. The molecule has 0 aliphatic heterocycles. The van der Waals surface area contributed by atoms with Crippen molar-refractivity contribution in [1.29, 1.82) is 15.8 Å². The molecular formula is C36H6F8N10. The van der Waals surface area contributed by atoms with Gasteiger partial charge in [-0.05, 0) is 11.1 Å². The van der Waals surface area contributed by atoms with Crippen molar-refractivity contribution in [3.05, 3.63) is 132 Å². The van der Waals surface area contributed by atoms with E-state index in [4.69, 9.17) is 25.0 Å². The molecule has 0 N–H and O–H groups in total. The summed E-state index contributed by atoms with van der Waals surface area (Å²) < 4.78 is 118. The van der Waals surface area contributed by atoms with Crippen LogP contribution in [0.5, 0.6) is 0 Å². The molecule has 2 aromatic heterocycles. The molecule has 0 bridgehead atoms. The van der Waals surface area contributed by atoms with Crippen LogP contribution in [0, 0.1) is 100 Å². The molecule has 2 aliphatic rings. The van der Waals surface area contributed by atoms with Crippen molar-refractivity contribution in [2.24, 2.45) is 0 Å². The smallest absolute Gasteiger partial charge is 0.252 e. The molecule has 54 heavy (non-hydrogen) atoms. The molecule has 256 valence electrons. The van der Waals surface area contributed by atoms with Gasteiger partial charge in [0.05, 0.1) is 89.5 Å². The summed E-state index contributed by atoms with van der Waals surface area (Å²) in [6.45, 7) is 22.4. The monoisotopic (exact) mass is 730 g/mol. The topological polar surface area (TPSA) is 136 Å². The van der Waals surface area contributed by atoms with E-state index in [1.165, 1.54) is 0 Å². The largest absolute Gasteiger partial charge is 0.270 e. The van der Waals surface area contributed by atoms with Gasteiger partial charge in [-0.3, -0.25) is 9.97 Å². The minimum absolute atomic E-state index is 0.0574. The highest BCUT2D eigenvalue weighted by Crippen LogP contribution is 2.41. The molecule has 0 unspecified atom stereocenters. The van der Waals surface area contributed by atoms with Gasteiger partial charge in [0.2, 0.25) is 0 Å². The van der Waals surface area contributed by atoms with Gasteiger partial charge in [0.15, 0.2) is 46.5 Å². The highest BCUT2D eigenvalue weighted by atomic mass is 19.2. The summed E-state index contributed by atoms with van der Waals surface area (Å²) in [5.41, 5.74) is -8.80. The predicted octanol–water partition coefficient (Wildman–Crippen LogP) is 6.38. The number of hydrogen-bond donors (Lipinski definition) is 0. The summed E-state index contributed by atoms with van der Waals surface area (Å²) in [5.74, 6) is -15.7. The van der Waals surface area contributed by atoms with E-state index in [2.05, 4.69) is 34.5 Å². The molecule has 7 rings (SSSR count). The van der Waals surface area contributed by atoms with Crippen LogP contribution < -0.4 is 10.4 Å². The molecule has 0 amide bonds. The highest BCUT2D eigenvalue weighted by Gasteiger charge is 2.36. The first-order chi connectivity index (χ1) is 25.9. The van der Waals surface area contributed by atoms with E-state index >= 15 is 17.6 Å². The zero-order chi connectivity index (χ0) is 38.9. The summed E-state index contributed by atoms with van der Waals surface area (Å²) in [5, 5.41) is 28.8. The molecule has 3 aromatic carbocycles. The first kappa shape index (κ1) is 34.4. The number of nitrogens with zero attached hydrogens (tertiary/aromatic N) is 10. The fraction of sp³-hybridized carbons (Fsp3) is 0.0556. The maximum Gasteiger partial charge on any atom is 0.270 e. The lowest BCUT2D eigenvalue weighted by Gasteiger charge is -2.12. The van der Waals surface area contributed by atoms with Crippen molar-refractivity contribution < 1.29 is 35.1 Å². The Morgan fingerprint density at radius 2 is 0.981 bits per heavy atom. The summed E-state index contributed by atoms with van der Waals surface area (Å²) in [4.78, 5) is 25.8. The van der Waals surface area contributed by atoms with Gasteiger partial charge in [0.25, 0.3) is 17.1 Å². The van der Waals surface area contributed by atoms with E-state index in [0.717, 1.165) is 18.5 Å². The van der Waals surface area contributed by atoms with Crippen molar-refractivity contribution in [2.45, 2.75) is 12.8 Å². The van der Waals surface area contributed by atoms with Crippen LogP contribution in [-0.2, 0) is 12.8 Å². The number of benzene rings is 3. The Morgan fingerprint density at radius 1 is 0.574 bits per heavy atom. The number of aromatic nitrogens is 4. The fourth-order valence-electron chi connectivity index (χ4n) is 6.52. The summed E-state index contributed by atoms with van der Waals surface area (Å²) in [7, 11) is 0. The third-order valence-corrected chi connectivity index (χ3v) is 8.71. The molecule has 0 atom stereocenters. The minimum Gasteiger partial charge on any atom is -0.252 e. The van der Waals surface area contributed by atoms with Gasteiger partial charge in [-0.15, -0.1) is 0 Å². The van der Waals surface area contributed by atoms with E-state index in [0.29, 0.717) is 0 Å². The van der Waals surface area contributed by atoms with Crippen LogP contribution in [-0.4, -0.2) is 19.9 Å². The van der Waals surface area contributed by atoms with Gasteiger partial charge in [-0.2, -0.15) is 5.26 Å². The van der Waals surface area contributed by atoms with Crippen molar-refractivity contribution in [3.63, 3.8) is 0 Å². The standard InChI is InChI=1S/C36H6F8N10/c1-48-16(7-46)20-11-4-14-34(51-9-18(53-14)24-28(39)26(37)13(6-45)27(38)29(24)40)21(11)23(17(8-47)49-2)22-12(20)5-15-35(22)52-10-19(54-15)25-30(41)32(43)36(50-3)33(44)31(25)42/h9-10H,4-5H2/b20-16-,23-17-. The van der Waals surface area contributed by atoms with E-state index in [1.54, 1.807) is 12.1 Å². The molecule has 2 heterocycles. The maximum absolute atomic E-state index is 15.0. The van der Waals surface area contributed by atoms with Crippen LogP contribution >= 0.6 is 0 Å². The van der Waals surface area contributed by atoms with Gasteiger partial charge < -0.3 is 0 Å². The van der Waals surface area contributed by atoms with Crippen LogP contribution in [0.1, 0.15) is 28.1 Å². The quantitative estimate of drug-likeness (QED) is 0.114. The second-order valence-corrected chi connectivity index (χ2v) is 11.3. The second-order valence-electron chi connectivity index (χ2n) is 11.3. The third kappa shape index (κ3) is 4.52. The average molecular weight is 730 g/mol. The maximum atomic E-state index is 15.0. The van der Waals surface area contributed by atoms with Crippen LogP contribution in [0.25, 0.3) is 71.0 Å². The fourth-order valence-corrected chi connectivity index (χ4v) is 6.52. The Balaban J connectivity index is 1.55. The molecule has 18 heteroatoms. The Morgan fingerprint density at radius 3 is 1.35 bits per heavy atom. The lowest BCUT2D eigenvalue weighted by molar-refractivity contribution is 0.454. The number of fused-ring (bicyclic) bond motifs is 6. The first-order valence-corrected chi connectivity index (χ1v) is 14.6. The van der Waals surface area contributed by atoms with Gasteiger partial charge in [0.1, 0.15) is 11.6 Å². The zero-order valence-corrected chi connectivity index (χ0v) is 26.1. The molecule has 2 aliphatic carbocycles. The van der Waals surface area contributed by atoms with Crippen molar-refractivity contribution in [1.82, 2.24) is 19.9 Å². The van der Waals surface area contributed by atoms with Crippen molar-refractivity contribution in [3.8, 4) is 63.2 Å². The van der Waals surface area contributed by atoms with Gasteiger partial charge in [0, 0.05) is 34.4 Å². The number of halogens is 8. The molecule has 5 aromatic rings. The number of hydrogen-bond acceptors (Lipinski definition) is 7. The predicted molar refractivity (Wildman–Crippen MR) is 166 cm³/mol. The first-order valence-electron chi connectivity index (χ1n) is 14.6. The van der Waals surface area contributed by atoms with E-state index in [-0.39, 0.29) is 55.5 Å². The Bertz CT molecular complexity index is 2810. The molecular weight excluding hydrogens is 724 g/mol. The summed E-state index contributed by atoms with van der Waals surface area (Å²) in [6.07, 6.45) is 0.671. The van der Waals surface area contributed by atoms with Crippen molar-refractivity contribution >= 4 is 17.1 Å². The minimum atomic E-state index is -1.99. The molecule has 0 radical (unpaired) electrons. The Labute approximate surface area is 295 Å². The van der Waals surface area contributed by atoms with Gasteiger partial charge in [-0.25, -0.2) is 70.2 Å². The Kier molecular flexibility index (Phi) is 7.84. The number of rotatable bonds is 2. The number of nitriles is 3. The van der Waals surface area contributed by atoms with Crippen LogP contribution in [0.3, 0.4) is 0 Å². The van der Waals surface area contributed by atoms with Gasteiger partial charge in [-0.1, -0.05) is 0 Å². The van der Waals surface area contributed by atoms with Crippen LogP contribution in [0.4, 0.5) is 40.8 Å². The van der Waals surface area contributed by atoms with Crippen LogP contribution in [0.2, 0.25) is 0 Å². The SMILES string of the molecule is [C-]#[N+]/C(C#N)=c1/c2c(/c(=C(\C#N)[N+]#[C-])c3c1Cc1nc(-c4c(F)c(F)c([N+]#[C-])c(F)c4F)cnc1-3)-c1ncc(-c3c(F)c(F)c(C#N)c(F)c3F)nc1C2. The average Bonchev–Trinajstić information content (AvgIpc) is 3.73. The van der Waals surface area contributed by atoms with E-state index < -0.39 is 105 Å².